The molecule has 0 radical (unpaired) electrons. The summed E-state index contributed by atoms with van der Waals surface area (Å²) in [6.45, 7) is 2.27. The molecule has 148 valence electrons. The van der Waals surface area contributed by atoms with E-state index in [4.69, 9.17) is 4.74 Å². The van der Waals surface area contributed by atoms with Crippen molar-refractivity contribution in [3.8, 4) is 5.75 Å². The van der Waals surface area contributed by atoms with Gasteiger partial charge in [-0.2, -0.15) is 0 Å². The first-order chi connectivity index (χ1) is 13.6. The zero-order valence-electron chi connectivity index (χ0n) is 16.1. The second-order valence-corrected chi connectivity index (χ2v) is 7.12. The molecule has 0 spiro atoms. The topological polar surface area (TPSA) is 9.23 Å². The molecule has 0 bridgehead atoms. The lowest BCUT2D eigenvalue weighted by atomic mass is 10.0. The molecule has 0 saturated carbocycles. The van der Waals surface area contributed by atoms with Crippen molar-refractivity contribution in [3.63, 3.8) is 0 Å². The molecule has 0 unspecified atom stereocenters. The van der Waals surface area contributed by atoms with E-state index in [0.717, 1.165) is 24.5 Å². The van der Waals surface area contributed by atoms with Crippen molar-refractivity contribution < 1.29 is 17.9 Å². The van der Waals surface area contributed by atoms with Gasteiger partial charge < -0.3 is 4.74 Å². The maximum Gasteiger partial charge on any atom is 0.166 e. The number of halogens is 3. The van der Waals surface area contributed by atoms with E-state index in [1.165, 1.54) is 37.8 Å². The Labute approximate surface area is 164 Å². The van der Waals surface area contributed by atoms with Crippen LogP contribution in [0.5, 0.6) is 5.75 Å². The van der Waals surface area contributed by atoms with Crippen LogP contribution in [0.15, 0.2) is 48.5 Å². The number of rotatable bonds is 9. The Hall–Kier alpha value is -2.49. The lowest BCUT2D eigenvalue weighted by Crippen LogP contribution is -2.00. The minimum absolute atomic E-state index is 0.0811. The fraction of sp³-hybridized carbons (Fsp3) is 0.333. The molecule has 3 aromatic carbocycles. The van der Waals surface area contributed by atoms with E-state index in [2.05, 4.69) is 6.92 Å². The molecule has 3 rings (SSSR count). The summed E-state index contributed by atoms with van der Waals surface area (Å²) in [6.07, 6.45) is 6.82. The van der Waals surface area contributed by atoms with E-state index in [-0.39, 0.29) is 17.8 Å². The van der Waals surface area contributed by atoms with Crippen LogP contribution in [0.4, 0.5) is 13.2 Å². The van der Waals surface area contributed by atoms with Crippen LogP contribution in [0.1, 0.15) is 50.2 Å². The van der Waals surface area contributed by atoms with Crippen molar-refractivity contribution in [2.45, 2.75) is 52.1 Å². The third-order valence-electron chi connectivity index (χ3n) is 4.96. The summed E-state index contributed by atoms with van der Waals surface area (Å²) in [5.41, 5.74) is 1.47. The Bertz CT molecular complexity index is 937. The van der Waals surface area contributed by atoms with Gasteiger partial charge >= 0.3 is 0 Å². The molecule has 0 fully saturated rings. The van der Waals surface area contributed by atoms with Gasteiger partial charge in [0, 0.05) is 10.9 Å². The maximum absolute atomic E-state index is 14.4. The van der Waals surface area contributed by atoms with E-state index in [1.807, 2.05) is 6.07 Å². The van der Waals surface area contributed by atoms with E-state index in [1.54, 1.807) is 24.3 Å². The fourth-order valence-corrected chi connectivity index (χ4v) is 3.29. The minimum Gasteiger partial charge on any atom is -0.489 e. The first kappa shape index (κ1) is 20.2. The molecular weight excluding hydrogens is 361 g/mol. The normalized spacial score (nSPS) is 11.1. The molecule has 0 aliphatic carbocycles. The largest absolute Gasteiger partial charge is 0.489 e. The average molecular weight is 386 g/mol. The SMILES string of the molecule is CCCCCCCc1ccc(COc2ccc3c(F)c(F)ccc3c2)c(F)c1. The Morgan fingerprint density at radius 3 is 2.39 bits per heavy atom. The number of hydrogen-bond acceptors (Lipinski definition) is 1. The van der Waals surface area contributed by atoms with Gasteiger partial charge in [0.15, 0.2) is 11.6 Å². The second kappa shape index (κ2) is 9.63. The molecular formula is C24H25F3O. The molecule has 28 heavy (non-hydrogen) atoms. The molecule has 0 heterocycles. The smallest absolute Gasteiger partial charge is 0.166 e. The molecule has 0 saturated heterocycles. The zero-order chi connectivity index (χ0) is 19.9. The van der Waals surface area contributed by atoms with Gasteiger partial charge in [0.25, 0.3) is 0 Å². The molecule has 0 N–H and O–H groups in total. The lowest BCUT2D eigenvalue weighted by Gasteiger charge is -2.10. The van der Waals surface area contributed by atoms with Crippen LogP contribution in [-0.4, -0.2) is 0 Å². The molecule has 0 amide bonds. The lowest BCUT2D eigenvalue weighted by molar-refractivity contribution is 0.300. The molecule has 0 aliphatic heterocycles. The van der Waals surface area contributed by atoms with Crippen LogP contribution >= 0.6 is 0 Å². The van der Waals surface area contributed by atoms with Gasteiger partial charge in [0.1, 0.15) is 18.2 Å². The van der Waals surface area contributed by atoms with E-state index in [0.29, 0.717) is 16.7 Å². The molecule has 1 nitrogen and oxygen atoms in total. The summed E-state index contributed by atoms with van der Waals surface area (Å²) in [6, 6.07) is 12.5. The molecule has 3 aromatic rings. The first-order valence-electron chi connectivity index (χ1n) is 9.86. The van der Waals surface area contributed by atoms with Crippen molar-refractivity contribution >= 4 is 10.8 Å². The van der Waals surface area contributed by atoms with Crippen LogP contribution in [0.2, 0.25) is 0 Å². The summed E-state index contributed by atoms with van der Waals surface area (Å²) < 4.78 is 47.1. The molecule has 0 aliphatic rings. The predicted octanol–water partition coefficient (Wildman–Crippen LogP) is 7.35. The van der Waals surface area contributed by atoms with Gasteiger partial charge in [-0.25, -0.2) is 13.2 Å². The number of benzene rings is 3. The minimum atomic E-state index is -0.881. The van der Waals surface area contributed by atoms with Crippen molar-refractivity contribution in [2.75, 3.05) is 0 Å². The Morgan fingerprint density at radius 2 is 1.61 bits per heavy atom. The summed E-state index contributed by atoms with van der Waals surface area (Å²) in [5.74, 6) is -1.55. The molecule has 4 heteroatoms. The van der Waals surface area contributed by atoms with E-state index < -0.39 is 11.6 Å². The highest BCUT2D eigenvalue weighted by molar-refractivity contribution is 5.84. The van der Waals surface area contributed by atoms with Crippen LogP contribution in [0, 0.1) is 17.5 Å². The fourth-order valence-electron chi connectivity index (χ4n) is 3.29. The summed E-state index contributed by atoms with van der Waals surface area (Å²) in [7, 11) is 0. The highest BCUT2D eigenvalue weighted by Gasteiger charge is 2.09. The highest BCUT2D eigenvalue weighted by atomic mass is 19.2. The Morgan fingerprint density at radius 1 is 0.786 bits per heavy atom. The summed E-state index contributed by atoms with van der Waals surface area (Å²) >= 11 is 0. The van der Waals surface area contributed by atoms with Crippen LogP contribution in [-0.2, 0) is 13.0 Å². The van der Waals surface area contributed by atoms with Crippen LogP contribution < -0.4 is 4.74 Å². The third kappa shape index (κ3) is 5.06. The monoisotopic (exact) mass is 386 g/mol. The van der Waals surface area contributed by atoms with Crippen molar-refractivity contribution in [1.29, 1.82) is 0 Å². The average Bonchev–Trinajstić information content (AvgIpc) is 2.70. The maximum atomic E-state index is 14.4. The van der Waals surface area contributed by atoms with E-state index >= 15 is 0 Å². The van der Waals surface area contributed by atoms with Crippen molar-refractivity contribution in [1.82, 2.24) is 0 Å². The quantitative estimate of drug-likeness (QED) is 0.349. The summed E-state index contributed by atoms with van der Waals surface area (Å²) in [4.78, 5) is 0. The number of hydrogen-bond donors (Lipinski definition) is 0. The van der Waals surface area contributed by atoms with E-state index in [9.17, 15) is 13.2 Å². The van der Waals surface area contributed by atoms with Gasteiger partial charge in [-0.3, -0.25) is 0 Å². The van der Waals surface area contributed by atoms with Crippen LogP contribution in [0.25, 0.3) is 10.8 Å². The second-order valence-electron chi connectivity index (χ2n) is 7.12. The molecule has 0 aromatic heterocycles. The summed E-state index contributed by atoms with van der Waals surface area (Å²) in [5, 5.41) is 0.733. The number of fused-ring (bicyclic) bond motifs is 1. The number of unbranched alkanes of at least 4 members (excludes halogenated alkanes) is 4. The first-order valence-corrected chi connectivity index (χ1v) is 9.86. The van der Waals surface area contributed by atoms with Gasteiger partial charge in [-0.15, -0.1) is 0 Å². The third-order valence-corrected chi connectivity index (χ3v) is 4.96. The zero-order valence-corrected chi connectivity index (χ0v) is 16.1. The standard InChI is InChI=1S/C24H25F3O/c1-2-3-4-5-6-7-17-8-9-19(23(26)14-17)16-28-20-11-12-21-18(15-20)10-13-22(25)24(21)27/h8-15H,2-7,16H2,1H3. The number of ether oxygens (including phenoxy) is 1. The van der Waals surface area contributed by atoms with Gasteiger partial charge in [-0.1, -0.05) is 50.8 Å². The predicted molar refractivity (Wildman–Crippen MR) is 107 cm³/mol. The molecule has 0 atom stereocenters. The number of aryl methyl sites for hydroxylation is 1. The van der Waals surface area contributed by atoms with Crippen LogP contribution in [0.3, 0.4) is 0 Å². The van der Waals surface area contributed by atoms with Gasteiger partial charge in [0.2, 0.25) is 0 Å². The highest BCUT2D eigenvalue weighted by Crippen LogP contribution is 2.25. The van der Waals surface area contributed by atoms with Crippen molar-refractivity contribution in [3.05, 3.63) is 77.1 Å². The Kier molecular flexibility index (Phi) is 6.96. The van der Waals surface area contributed by atoms with Crippen molar-refractivity contribution in [2.24, 2.45) is 0 Å². The Balaban J connectivity index is 1.60. The van der Waals surface area contributed by atoms with Gasteiger partial charge in [0.05, 0.1) is 0 Å². The van der Waals surface area contributed by atoms with Gasteiger partial charge in [-0.05, 0) is 54.1 Å².